The topological polar surface area (TPSA) is 240 Å². The predicted molar refractivity (Wildman–Crippen MR) is 245 cm³/mol. The highest BCUT2D eigenvalue weighted by Crippen LogP contribution is 2.19. The van der Waals surface area contributed by atoms with E-state index in [0.717, 1.165) is 45.9 Å². The summed E-state index contributed by atoms with van der Waals surface area (Å²) < 4.78 is 12.6. The van der Waals surface area contributed by atoms with Crippen molar-refractivity contribution >= 4 is 41.2 Å². The van der Waals surface area contributed by atoms with Crippen LogP contribution in [-0.2, 0) is 14.5 Å². The first-order valence-corrected chi connectivity index (χ1v) is 20.5. The van der Waals surface area contributed by atoms with E-state index >= 15 is 0 Å². The van der Waals surface area contributed by atoms with Gasteiger partial charge in [0.05, 0.1) is 6.20 Å². The summed E-state index contributed by atoms with van der Waals surface area (Å²) in [5.74, 6) is 9.79. The van der Waals surface area contributed by atoms with Crippen LogP contribution in [0.2, 0.25) is 0 Å². The lowest BCUT2D eigenvalue weighted by Crippen LogP contribution is -2.27. The fourth-order valence-corrected chi connectivity index (χ4v) is 4.41. The van der Waals surface area contributed by atoms with Crippen LogP contribution in [0.1, 0.15) is 140 Å². The van der Waals surface area contributed by atoms with Crippen LogP contribution < -0.4 is 21.0 Å². The molecule has 3 aromatic rings. The van der Waals surface area contributed by atoms with Crippen LogP contribution in [-0.4, -0.2) is 66.1 Å². The molecule has 340 valence electrons. The fraction of sp³-hybridized carbons (Fsp3) is 0.561. The van der Waals surface area contributed by atoms with Gasteiger partial charge in [-0.2, -0.15) is 20.1 Å². The molecule has 4 aliphatic heterocycles. The molecule has 5 N–H and O–H groups in total. The van der Waals surface area contributed by atoms with Gasteiger partial charge in [-0.15, -0.1) is 0 Å². The summed E-state index contributed by atoms with van der Waals surface area (Å²) in [6, 6.07) is 0. The second kappa shape index (κ2) is 29.4. The van der Waals surface area contributed by atoms with Gasteiger partial charge in [0, 0.05) is 53.4 Å². The summed E-state index contributed by atoms with van der Waals surface area (Å²) in [5, 5.41) is 13.6. The first-order valence-electron chi connectivity index (χ1n) is 19.7. The summed E-state index contributed by atoms with van der Waals surface area (Å²) in [6.45, 7) is 39.7. The number of aliphatic imine (C=N–C) groups is 4. The van der Waals surface area contributed by atoms with E-state index in [2.05, 4.69) is 123 Å². The van der Waals surface area contributed by atoms with E-state index in [1.807, 2.05) is 69.2 Å². The number of aromatic nitrogens is 6. The molecule has 61 heavy (non-hydrogen) atoms. The van der Waals surface area contributed by atoms with Crippen LogP contribution in [0, 0.1) is 23.7 Å². The Bertz CT molecular complexity index is 1650. The Balaban J connectivity index is 0.000000687. The third-order valence-electron chi connectivity index (χ3n) is 7.22. The number of aromatic amines is 1. The third kappa shape index (κ3) is 23.6. The number of nitrogens with one attached hydrogen (secondary N) is 5. The first kappa shape index (κ1) is 55.2. The van der Waals surface area contributed by atoms with Crippen molar-refractivity contribution in [1.29, 1.82) is 0 Å². The van der Waals surface area contributed by atoms with Crippen LogP contribution in [0.4, 0.5) is 0 Å². The molecule has 3 aromatic heterocycles. The molecule has 0 saturated heterocycles. The SMILES string of the molecule is C.C=C1N=C(C(C)C)NO1.C=C1N=C(C(C)C)NO1.C=C1N=C(C(C)C)NS1.CC(C)C1=NCC(=O)N1.CC(C)c1ncco1.CC(C)c1ncn[nH]1.CC(C)c1ncon1. The third-order valence-corrected chi connectivity index (χ3v) is 7.86. The average Bonchev–Trinajstić information content (AvgIpc) is 4.03. The van der Waals surface area contributed by atoms with Gasteiger partial charge in [-0.25, -0.2) is 25.9 Å². The summed E-state index contributed by atoms with van der Waals surface area (Å²) in [6.07, 6.45) is 6.12. The second-order valence-corrected chi connectivity index (χ2v) is 16.0. The van der Waals surface area contributed by atoms with Crippen molar-refractivity contribution in [2.75, 3.05) is 6.54 Å². The van der Waals surface area contributed by atoms with E-state index in [4.69, 9.17) is 14.1 Å². The Hall–Kier alpha value is -5.79. The minimum Gasteiger partial charge on any atom is -0.449 e. The molecule has 0 radical (unpaired) electrons. The molecule has 0 spiro atoms. The van der Waals surface area contributed by atoms with E-state index in [1.54, 1.807) is 12.5 Å². The Morgan fingerprint density at radius 1 is 0.672 bits per heavy atom. The van der Waals surface area contributed by atoms with Gasteiger partial charge < -0.3 is 28.7 Å². The highest BCUT2D eigenvalue weighted by Gasteiger charge is 2.15. The van der Waals surface area contributed by atoms with Crippen molar-refractivity contribution < 1.29 is 23.4 Å². The van der Waals surface area contributed by atoms with Crippen LogP contribution >= 0.6 is 11.9 Å². The number of hydrogen-bond donors (Lipinski definition) is 5. The lowest BCUT2D eigenvalue weighted by molar-refractivity contribution is -0.117. The Morgan fingerprint density at radius 2 is 1.23 bits per heavy atom. The molecule has 1 amide bonds. The van der Waals surface area contributed by atoms with Crippen LogP contribution in [0.3, 0.4) is 0 Å². The number of hydroxylamine groups is 2. The molecule has 19 nitrogen and oxygen atoms in total. The van der Waals surface area contributed by atoms with Crippen molar-refractivity contribution in [3.8, 4) is 0 Å². The normalized spacial score (nSPS) is 14.5. The maximum atomic E-state index is 10.5. The standard InChI is InChI=1S/3C6H10N2O.C6H10N2S.C6H9NO.C5H9N3.C5H8N2O.CH4/c2*1-4(2)6-7-5(3)9-8-6;1-4(2)6-7-3-5(9)8-6;1-4(2)6-7-5(3)9-8-6;1-5(2)6-7-3-4-8-6;1-4(2)5-6-3-7-8-5;1-4(2)5-6-3-8-7-5;/h2*4H,3H2,1-2H3,(H,7,8);4H,3H2,1-2H3,(H,7,8,9);4H,3H2,1-2H3,(H,7,8);3-5H,1-2H3;3-4H,1-2H3,(H,6,7,8);3-4H,1-2H3;1H4. The molecule has 7 rings (SSSR count). The van der Waals surface area contributed by atoms with Crippen LogP contribution in [0.15, 0.2) is 90.6 Å². The van der Waals surface area contributed by atoms with Crippen molar-refractivity contribution in [3.05, 3.63) is 79.3 Å². The van der Waals surface area contributed by atoms with Gasteiger partial charge in [0.1, 0.15) is 53.3 Å². The summed E-state index contributed by atoms with van der Waals surface area (Å²) in [7, 11) is 0. The highest BCUT2D eigenvalue weighted by molar-refractivity contribution is 8.02. The van der Waals surface area contributed by atoms with Gasteiger partial charge in [0.15, 0.2) is 11.7 Å². The number of amidine groups is 4. The summed E-state index contributed by atoms with van der Waals surface area (Å²) >= 11 is 1.49. The van der Waals surface area contributed by atoms with E-state index in [1.165, 1.54) is 24.7 Å². The van der Waals surface area contributed by atoms with E-state index < -0.39 is 0 Å². The summed E-state index contributed by atoms with van der Waals surface area (Å²) in [5.41, 5.74) is 5.31. The zero-order chi connectivity index (χ0) is 45.4. The molecule has 20 heteroatoms. The second-order valence-electron chi connectivity index (χ2n) is 15.1. The number of oxazole rings is 1. The minimum absolute atomic E-state index is 0. The number of rotatable bonds is 7. The van der Waals surface area contributed by atoms with E-state index in [0.29, 0.717) is 59.7 Å². The summed E-state index contributed by atoms with van der Waals surface area (Å²) in [4.78, 5) is 47.9. The molecule has 0 unspecified atom stereocenters. The monoisotopic (exact) mass is 871 g/mol. The Kier molecular flexibility index (Phi) is 26.6. The fourth-order valence-electron chi connectivity index (χ4n) is 3.77. The number of hydrogen-bond acceptors (Lipinski definition) is 18. The van der Waals surface area contributed by atoms with Crippen LogP contribution in [0.5, 0.6) is 0 Å². The number of nitrogens with zero attached hydrogens (tertiary/aromatic N) is 9. The molecule has 0 aliphatic carbocycles. The van der Waals surface area contributed by atoms with E-state index in [-0.39, 0.29) is 13.3 Å². The molecule has 7 heterocycles. The quantitative estimate of drug-likeness (QED) is 0.140. The lowest BCUT2D eigenvalue weighted by atomic mass is 10.2. The van der Waals surface area contributed by atoms with Crippen molar-refractivity contribution in [1.82, 2.24) is 51.3 Å². The lowest BCUT2D eigenvalue weighted by Gasteiger charge is -2.01. The zero-order valence-electron chi connectivity index (χ0n) is 37.7. The van der Waals surface area contributed by atoms with Gasteiger partial charge in [-0.05, 0) is 13.2 Å². The molecule has 0 bridgehead atoms. The highest BCUT2D eigenvalue weighted by atomic mass is 32.2. The molecule has 0 atom stereocenters. The van der Waals surface area contributed by atoms with Gasteiger partial charge in [-0.3, -0.25) is 14.9 Å². The molecule has 0 saturated carbocycles. The Morgan fingerprint density at radius 3 is 1.43 bits per heavy atom. The van der Waals surface area contributed by atoms with Crippen molar-refractivity contribution in [2.45, 2.75) is 122 Å². The molecule has 0 aromatic carbocycles. The largest absolute Gasteiger partial charge is 0.449 e. The Labute approximate surface area is 366 Å². The minimum atomic E-state index is 0. The van der Waals surface area contributed by atoms with Gasteiger partial charge in [0.25, 0.3) is 0 Å². The maximum Gasteiger partial charge on any atom is 0.247 e. The van der Waals surface area contributed by atoms with Gasteiger partial charge >= 0.3 is 0 Å². The molecule has 4 aliphatic rings. The number of carbonyl (C=O) groups excluding carboxylic acids is 1. The van der Waals surface area contributed by atoms with Crippen molar-refractivity contribution in [2.24, 2.45) is 43.6 Å². The van der Waals surface area contributed by atoms with Gasteiger partial charge in [0.2, 0.25) is 24.1 Å². The number of H-pyrrole nitrogens is 1. The van der Waals surface area contributed by atoms with Crippen molar-refractivity contribution in [3.63, 3.8) is 0 Å². The molecule has 0 fully saturated rings. The number of carbonyl (C=O) groups is 1. The van der Waals surface area contributed by atoms with Crippen LogP contribution in [0.25, 0.3) is 0 Å². The van der Waals surface area contributed by atoms with Gasteiger partial charge in [-0.1, -0.05) is 116 Å². The zero-order valence-corrected chi connectivity index (χ0v) is 38.5. The smallest absolute Gasteiger partial charge is 0.247 e. The first-order chi connectivity index (χ1) is 28.2. The number of amides is 1. The molecular weight excluding hydrogens is 801 g/mol. The van der Waals surface area contributed by atoms with E-state index in [9.17, 15) is 4.79 Å². The maximum absolute atomic E-state index is 10.5. The molecular formula is C41H70N14O5S. The predicted octanol–water partition coefficient (Wildman–Crippen LogP) is 8.58. The average molecular weight is 871 g/mol.